The fourth-order valence-electron chi connectivity index (χ4n) is 5.21. The van der Waals surface area contributed by atoms with Crippen molar-refractivity contribution in [3.63, 3.8) is 0 Å². The molecular formula is C27H23N3O2S. The van der Waals surface area contributed by atoms with E-state index < -0.39 is 0 Å². The zero-order valence-corrected chi connectivity index (χ0v) is 19.2. The second-order valence-electron chi connectivity index (χ2n) is 8.63. The molecule has 1 aromatic heterocycles. The van der Waals surface area contributed by atoms with Crippen LogP contribution in [0, 0.1) is 6.92 Å². The van der Waals surface area contributed by atoms with Crippen LogP contribution in [0.15, 0.2) is 72.8 Å². The van der Waals surface area contributed by atoms with E-state index in [-0.39, 0.29) is 18.0 Å². The van der Waals surface area contributed by atoms with Gasteiger partial charge in [0.1, 0.15) is 11.8 Å². The average Bonchev–Trinajstić information content (AvgIpc) is 3.33. The van der Waals surface area contributed by atoms with Crippen LogP contribution < -0.4 is 9.64 Å². The van der Waals surface area contributed by atoms with Crippen LogP contribution in [0.5, 0.6) is 5.75 Å². The van der Waals surface area contributed by atoms with E-state index in [9.17, 15) is 4.79 Å². The Morgan fingerprint density at radius 1 is 1.00 bits per heavy atom. The lowest BCUT2D eigenvalue weighted by molar-refractivity contribution is -0.120. The van der Waals surface area contributed by atoms with Crippen LogP contribution in [0.1, 0.15) is 28.4 Å². The largest absolute Gasteiger partial charge is 0.495 e. The van der Waals surface area contributed by atoms with Crippen LogP contribution in [0.25, 0.3) is 10.9 Å². The average molecular weight is 454 g/mol. The Labute approximate surface area is 197 Å². The zero-order valence-electron chi connectivity index (χ0n) is 18.4. The van der Waals surface area contributed by atoms with E-state index in [2.05, 4.69) is 53.2 Å². The number of ether oxygens (including phenoxy) is 1. The summed E-state index contributed by atoms with van der Waals surface area (Å²) >= 11 is 5.98. The van der Waals surface area contributed by atoms with Gasteiger partial charge in [-0.3, -0.25) is 9.69 Å². The van der Waals surface area contributed by atoms with E-state index in [4.69, 9.17) is 17.0 Å². The van der Waals surface area contributed by atoms with Crippen LogP contribution in [0.3, 0.4) is 0 Å². The zero-order chi connectivity index (χ0) is 22.7. The van der Waals surface area contributed by atoms with Crippen molar-refractivity contribution in [3.8, 4) is 5.75 Å². The Kier molecular flexibility index (Phi) is 4.52. The first-order valence-electron chi connectivity index (χ1n) is 11.0. The number of thiocarbonyl (C=S) groups is 1. The molecule has 0 saturated carbocycles. The molecule has 164 valence electrons. The maximum atomic E-state index is 13.8. The second-order valence-corrected chi connectivity index (χ2v) is 9.00. The summed E-state index contributed by atoms with van der Waals surface area (Å²) in [4.78, 5) is 21.2. The van der Waals surface area contributed by atoms with Gasteiger partial charge in [-0.2, -0.15) is 0 Å². The fourth-order valence-corrected chi connectivity index (χ4v) is 5.63. The van der Waals surface area contributed by atoms with Gasteiger partial charge in [-0.1, -0.05) is 60.2 Å². The van der Waals surface area contributed by atoms with Crippen molar-refractivity contribution < 1.29 is 9.53 Å². The molecule has 1 N–H and O–H groups in total. The van der Waals surface area contributed by atoms with Crippen molar-refractivity contribution in [3.05, 3.63) is 95.2 Å². The number of aromatic nitrogens is 1. The third-order valence-corrected chi connectivity index (χ3v) is 7.16. The third kappa shape index (κ3) is 2.91. The van der Waals surface area contributed by atoms with E-state index in [1.54, 1.807) is 12.0 Å². The number of carbonyl (C=O) groups excluding carboxylic acids is 1. The van der Waals surface area contributed by atoms with E-state index in [0.29, 0.717) is 23.0 Å². The minimum absolute atomic E-state index is 0.0162. The Balaban J connectivity index is 1.55. The molecule has 0 bridgehead atoms. The number of amides is 1. The van der Waals surface area contributed by atoms with E-state index in [1.165, 1.54) is 16.5 Å². The molecule has 3 aromatic carbocycles. The van der Waals surface area contributed by atoms with Crippen LogP contribution in [0.4, 0.5) is 5.69 Å². The molecule has 2 aliphatic heterocycles. The van der Waals surface area contributed by atoms with Crippen molar-refractivity contribution in [1.29, 1.82) is 0 Å². The first-order valence-corrected chi connectivity index (χ1v) is 11.4. The standard InChI is InChI=1S/C27H23N3O2S/c1-16-11-13-17(14-12-16)25-24-19(18-7-3-4-8-20(18)28-24)15-22-26(31)30(27(33)29(22)25)21-9-5-6-10-23(21)32-2/h3-14,22,25,28H,15H2,1-2H3. The molecule has 6 rings (SSSR count). The number of carbonyl (C=O) groups is 1. The number of fused-ring (bicyclic) bond motifs is 4. The smallest absolute Gasteiger partial charge is 0.256 e. The number of nitrogens with one attached hydrogen (secondary N) is 1. The molecule has 0 aliphatic carbocycles. The minimum atomic E-state index is -0.375. The first kappa shape index (κ1) is 20.0. The van der Waals surface area contributed by atoms with Crippen LogP contribution in [-0.2, 0) is 11.2 Å². The number of aromatic amines is 1. The molecule has 33 heavy (non-hydrogen) atoms. The highest BCUT2D eigenvalue weighted by Gasteiger charge is 2.51. The van der Waals surface area contributed by atoms with Gasteiger partial charge in [-0.25, -0.2) is 0 Å². The summed E-state index contributed by atoms with van der Waals surface area (Å²) < 4.78 is 5.56. The van der Waals surface area contributed by atoms with Crippen molar-refractivity contribution >= 4 is 39.8 Å². The molecule has 0 spiro atoms. The number of benzene rings is 3. The van der Waals surface area contributed by atoms with Gasteiger partial charge < -0.3 is 14.6 Å². The number of H-pyrrole nitrogens is 1. The molecule has 2 unspecified atom stereocenters. The number of rotatable bonds is 3. The number of nitrogens with zero attached hydrogens (tertiary/aromatic N) is 2. The van der Waals surface area contributed by atoms with Gasteiger partial charge in [0, 0.05) is 23.0 Å². The summed E-state index contributed by atoms with van der Waals surface area (Å²) in [5, 5.41) is 1.67. The molecule has 1 saturated heterocycles. The van der Waals surface area contributed by atoms with Crippen LogP contribution in [0.2, 0.25) is 0 Å². The van der Waals surface area contributed by atoms with Crippen molar-refractivity contribution in [1.82, 2.24) is 9.88 Å². The SMILES string of the molecule is COc1ccccc1N1C(=O)C2Cc3c([nH]c4ccccc34)C(c3ccc(C)cc3)N2C1=S. The molecule has 0 radical (unpaired) electrons. The lowest BCUT2D eigenvalue weighted by Gasteiger charge is -2.37. The molecule has 2 aliphatic rings. The number of methoxy groups -OCH3 is 1. The number of aryl methyl sites for hydroxylation is 1. The predicted molar refractivity (Wildman–Crippen MR) is 134 cm³/mol. The number of hydrogen-bond donors (Lipinski definition) is 1. The van der Waals surface area contributed by atoms with Gasteiger partial charge in [-0.15, -0.1) is 0 Å². The maximum absolute atomic E-state index is 13.8. The molecule has 1 amide bonds. The van der Waals surface area contributed by atoms with Crippen molar-refractivity contribution in [2.75, 3.05) is 12.0 Å². The first-order chi connectivity index (χ1) is 16.1. The topological polar surface area (TPSA) is 48.6 Å². The Morgan fingerprint density at radius 3 is 2.52 bits per heavy atom. The fraction of sp³-hybridized carbons (Fsp3) is 0.185. The normalized spacial score (nSPS) is 19.7. The molecule has 2 atom stereocenters. The van der Waals surface area contributed by atoms with E-state index in [1.807, 2.05) is 36.4 Å². The van der Waals surface area contributed by atoms with Crippen molar-refractivity contribution in [2.24, 2.45) is 0 Å². The molecule has 4 aromatic rings. The summed E-state index contributed by atoms with van der Waals surface area (Å²) in [6.07, 6.45) is 0.604. The Hall–Kier alpha value is -3.64. The van der Waals surface area contributed by atoms with Gasteiger partial charge in [0.2, 0.25) is 0 Å². The van der Waals surface area contributed by atoms with E-state index in [0.717, 1.165) is 16.8 Å². The van der Waals surface area contributed by atoms with Crippen LogP contribution >= 0.6 is 12.2 Å². The lowest BCUT2D eigenvalue weighted by atomic mass is 9.88. The molecule has 5 nitrogen and oxygen atoms in total. The van der Waals surface area contributed by atoms with Gasteiger partial charge in [-0.05, 0) is 48.5 Å². The van der Waals surface area contributed by atoms with Gasteiger partial charge in [0.15, 0.2) is 5.11 Å². The second kappa shape index (κ2) is 7.46. The molecule has 1 fully saturated rings. The Bertz CT molecular complexity index is 1410. The number of anilines is 1. The number of hydrogen-bond acceptors (Lipinski definition) is 3. The van der Waals surface area contributed by atoms with Gasteiger partial charge >= 0.3 is 0 Å². The molecule has 6 heteroatoms. The summed E-state index contributed by atoms with van der Waals surface area (Å²) in [5.41, 5.74) is 6.36. The van der Waals surface area contributed by atoms with Crippen LogP contribution in [-0.4, -0.2) is 34.1 Å². The van der Waals surface area contributed by atoms with E-state index >= 15 is 0 Å². The summed E-state index contributed by atoms with van der Waals surface area (Å²) in [6.45, 7) is 2.08. The monoisotopic (exact) mass is 453 g/mol. The number of para-hydroxylation sites is 3. The quantitative estimate of drug-likeness (QED) is 0.437. The summed E-state index contributed by atoms with van der Waals surface area (Å²) in [5.74, 6) is 0.612. The minimum Gasteiger partial charge on any atom is -0.495 e. The summed E-state index contributed by atoms with van der Waals surface area (Å²) in [6, 6.07) is 23.8. The predicted octanol–water partition coefficient (Wildman–Crippen LogP) is 5.13. The molecular weight excluding hydrogens is 430 g/mol. The Morgan fingerprint density at radius 2 is 1.73 bits per heavy atom. The summed E-state index contributed by atoms with van der Waals surface area (Å²) in [7, 11) is 1.61. The van der Waals surface area contributed by atoms with Gasteiger partial charge in [0.25, 0.3) is 5.91 Å². The highest BCUT2D eigenvalue weighted by molar-refractivity contribution is 7.80. The lowest BCUT2D eigenvalue weighted by Crippen LogP contribution is -2.44. The van der Waals surface area contributed by atoms with Crippen molar-refractivity contribution in [2.45, 2.75) is 25.4 Å². The maximum Gasteiger partial charge on any atom is 0.256 e. The molecule has 3 heterocycles. The highest BCUT2D eigenvalue weighted by Crippen LogP contribution is 2.46. The highest BCUT2D eigenvalue weighted by atomic mass is 32.1. The third-order valence-electron chi connectivity index (χ3n) is 6.77. The van der Waals surface area contributed by atoms with Gasteiger partial charge in [0.05, 0.1) is 18.8 Å².